The molecule has 0 saturated heterocycles. The maximum absolute atomic E-state index is 13.2. The van der Waals surface area contributed by atoms with Crippen molar-refractivity contribution in [2.45, 2.75) is 56.8 Å². The predicted molar refractivity (Wildman–Crippen MR) is 115 cm³/mol. The smallest absolute Gasteiger partial charge is 0.343 e. The van der Waals surface area contributed by atoms with Gasteiger partial charge in [0.2, 0.25) is 0 Å². The number of hydrogen-bond acceptors (Lipinski definition) is 5. The standard InChI is InChI=1S/C25H32O5/c1-28-15-16-29-14-13-19-9-5-6-10-20-23(26)22(25(27)30-24(19)20)21(18-11-12-18)17-7-3-2-4-8-17/h2-4,7-8,18-19,21,26H,5-6,9-16H2,1H3. The van der Waals surface area contributed by atoms with Crippen LogP contribution >= 0.6 is 0 Å². The Hall–Kier alpha value is -2.11. The summed E-state index contributed by atoms with van der Waals surface area (Å²) in [6.45, 7) is 1.72. The van der Waals surface area contributed by atoms with Crippen molar-refractivity contribution in [1.82, 2.24) is 0 Å². The van der Waals surface area contributed by atoms with Crippen molar-refractivity contribution in [3.63, 3.8) is 0 Å². The molecule has 5 nitrogen and oxygen atoms in total. The fourth-order valence-corrected chi connectivity index (χ4v) is 4.77. The molecule has 1 heterocycles. The van der Waals surface area contributed by atoms with E-state index in [1.807, 2.05) is 30.3 Å². The summed E-state index contributed by atoms with van der Waals surface area (Å²) >= 11 is 0. The molecule has 162 valence electrons. The Morgan fingerprint density at radius 2 is 1.90 bits per heavy atom. The lowest BCUT2D eigenvalue weighted by Crippen LogP contribution is -2.19. The van der Waals surface area contributed by atoms with Crippen molar-refractivity contribution < 1.29 is 19.0 Å². The van der Waals surface area contributed by atoms with E-state index in [0.29, 0.717) is 37.1 Å². The van der Waals surface area contributed by atoms with Crippen LogP contribution in [0.5, 0.6) is 5.75 Å². The maximum Gasteiger partial charge on any atom is 0.343 e. The van der Waals surface area contributed by atoms with Crippen LogP contribution < -0.4 is 5.63 Å². The van der Waals surface area contributed by atoms with Gasteiger partial charge in [0.05, 0.1) is 18.8 Å². The summed E-state index contributed by atoms with van der Waals surface area (Å²) in [5.41, 5.74) is 2.00. The highest BCUT2D eigenvalue weighted by atomic mass is 16.5. The quantitative estimate of drug-likeness (QED) is 0.475. The number of methoxy groups -OCH3 is 1. The number of fused-ring (bicyclic) bond motifs is 1. The molecule has 2 unspecified atom stereocenters. The summed E-state index contributed by atoms with van der Waals surface area (Å²) in [5, 5.41) is 11.3. The van der Waals surface area contributed by atoms with Gasteiger partial charge in [-0.15, -0.1) is 0 Å². The van der Waals surface area contributed by atoms with E-state index >= 15 is 0 Å². The lowest BCUT2D eigenvalue weighted by atomic mass is 9.85. The minimum Gasteiger partial charge on any atom is -0.507 e. The Bertz CT molecular complexity index is 884. The number of aromatic hydroxyl groups is 1. The molecular formula is C25H32O5. The van der Waals surface area contributed by atoms with Gasteiger partial charge in [0.1, 0.15) is 11.5 Å². The Balaban J connectivity index is 1.65. The van der Waals surface area contributed by atoms with E-state index in [1.54, 1.807) is 7.11 Å². The second-order valence-corrected chi connectivity index (χ2v) is 8.56. The zero-order valence-corrected chi connectivity index (χ0v) is 17.8. The molecule has 0 radical (unpaired) electrons. The van der Waals surface area contributed by atoms with Crippen molar-refractivity contribution >= 4 is 0 Å². The Morgan fingerprint density at radius 1 is 1.10 bits per heavy atom. The van der Waals surface area contributed by atoms with Crippen molar-refractivity contribution in [3.05, 3.63) is 63.2 Å². The van der Waals surface area contributed by atoms with Crippen LogP contribution in [0.3, 0.4) is 0 Å². The van der Waals surface area contributed by atoms with E-state index in [9.17, 15) is 9.90 Å². The van der Waals surface area contributed by atoms with Gasteiger partial charge in [0, 0.05) is 31.1 Å². The summed E-state index contributed by atoms with van der Waals surface area (Å²) in [4.78, 5) is 13.2. The highest BCUT2D eigenvalue weighted by molar-refractivity contribution is 5.47. The monoisotopic (exact) mass is 412 g/mol. The van der Waals surface area contributed by atoms with Crippen molar-refractivity contribution in [2.75, 3.05) is 26.9 Å². The van der Waals surface area contributed by atoms with Gasteiger partial charge in [0.15, 0.2) is 0 Å². The fraction of sp³-hybridized carbons (Fsp3) is 0.560. The molecule has 0 amide bonds. The predicted octanol–water partition coefficient (Wildman–Crippen LogP) is 4.75. The molecule has 2 aromatic rings. The molecule has 1 saturated carbocycles. The topological polar surface area (TPSA) is 68.9 Å². The SMILES string of the molecule is COCCOCCC1CCCCc2c1oc(=O)c(C(c1ccccc1)C1CC1)c2O. The largest absolute Gasteiger partial charge is 0.507 e. The van der Waals surface area contributed by atoms with E-state index in [4.69, 9.17) is 13.9 Å². The van der Waals surface area contributed by atoms with E-state index in [2.05, 4.69) is 0 Å². The van der Waals surface area contributed by atoms with E-state index in [1.165, 1.54) is 0 Å². The first kappa shape index (κ1) is 21.1. The molecule has 1 aromatic carbocycles. The maximum atomic E-state index is 13.2. The van der Waals surface area contributed by atoms with E-state index < -0.39 is 0 Å². The fourth-order valence-electron chi connectivity index (χ4n) is 4.77. The van der Waals surface area contributed by atoms with Crippen LogP contribution in [0.1, 0.15) is 72.8 Å². The van der Waals surface area contributed by atoms with Gasteiger partial charge in [-0.25, -0.2) is 4.79 Å². The minimum absolute atomic E-state index is 0.0909. The molecule has 1 N–H and O–H groups in total. The van der Waals surface area contributed by atoms with E-state index in [0.717, 1.165) is 56.1 Å². The summed E-state index contributed by atoms with van der Waals surface area (Å²) < 4.78 is 16.6. The second-order valence-electron chi connectivity index (χ2n) is 8.56. The van der Waals surface area contributed by atoms with Crippen LogP contribution in [-0.2, 0) is 15.9 Å². The summed E-state index contributed by atoms with van der Waals surface area (Å²) in [6.07, 6.45) is 6.70. The van der Waals surface area contributed by atoms with Gasteiger partial charge >= 0.3 is 5.63 Å². The molecule has 2 aliphatic carbocycles. The third kappa shape index (κ3) is 4.62. The van der Waals surface area contributed by atoms with Crippen LogP contribution in [0, 0.1) is 5.92 Å². The van der Waals surface area contributed by atoms with Gasteiger partial charge in [-0.05, 0) is 50.0 Å². The van der Waals surface area contributed by atoms with Crippen LogP contribution in [0.4, 0.5) is 0 Å². The molecule has 4 rings (SSSR count). The first-order chi connectivity index (χ1) is 14.7. The van der Waals surface area contributed by atoms with Crippen molar-refractivity contribution in [2.24, 2.45) is 5.92 Å². The zero-order chi connectivity index (χ0) is 20.9. The van der Waals surface area contributed by atoms with Gasteiger partial charge < -0.3 is 19.0 Å². The van der Waals surface area contributed by atoms with Crippen molar-refractivity contribution in [1.29, 1.82) is 0 Å². The zero-order valence-electron chi connectivity index (χ0n) is 17.8. The van der Waals surface area contributed by atoms with Crippen LogP contribution in [0.15, 0.2) is 39.5 Å². The van der Waals surface area contributed by atoms with Crippen LogP contribution in [0.25, 0.3) is 0 Å². The Labute approximate surface area is 178 Å². The van der Waals surface area contributed by atoms with Gasteiger partial charge in [-0.3, -0.25) is 0 Å². The number of benzene rings is 1. The lowest BCUT2D eigenvalue weighted by Gasteiger charge is -2.22. The Kier molecular flexibility index (Phi) is 6.90. The first-order valence-electron chi connectivity index (χ1n) is 11.2. The Morgan fingerprint density at radius 3 is 2.63 bits per heavy atom. The van der Waals surface area contributed by atoms with Gasteiger partial charge in [0.25, 0.3) is 0 Å². The van der Waals surface area contributed by atoms with E-state index in [-0.39, 0.29) is 23.2 Å². The lowest BCUT2D eigenvalue weighted by molar-refractivity contribution is 0.0657. The van der Waals surface area contributed by atoms with Crippen LogP contribution in [-0.4, -0.2) is 32.0 Å². The number of hydrogen-bond donors (Lipinski definition) is 1. The molecular weight excluding hydrogens is 380 g/mol. The molecule has 2 atom stereocenters. The number of ether oxygens (including phenoxy) is 2. The van der Waals surface area contributed by atoms with Gasteiger partial charge in [-0.2, -0.15) is 0 Å². The number of rotatable bonds is 9. The molecule has 30 heavy (non-hydrogen) atoms. The molecule has 1 fully saturated rings. The first-order valence-corrected chi connectivity index (χ1v) is 11.2. The van der Waals surface area contributed by atoms with Crippen molar-refractivity contribution in [3.8, 4) is 5.75 Å². The summed E-state index contributed by atoms with van der Waals surface area (Å²) in [5.74, 6) is 1.27. The third-order valence-corrected chi connectivity index (χ3v) is 6.47. The minimum atomic E-state index is -0.376. The highest BCUT2D eigenvalue weighted by Gasteiger charge is 2.39. The average molecular weight is 413 g/mol. The molecule has 0 spiro atoms. The summed E-state index contributed by atoms with van der Waals surface area (Å²) in [7, 11) is 1.66. The summed E-state index contributed by atoms with van der Waals surface area (Å²) in [6, 6.07) is 10.1. The molecule has 0 aliphatic heterocycles. The average Bonchev–Trinajstić information content (AvgIpc) is 3.60. The second kappa shape index (κ2) is 9.80. The van der Waals surface area contributed by atoms with Crippen LogP contribution in [0.2, 0.25) is 0 Å². The molecule has 5 heteroatoms. The third-order valence-electron chi connectivity index (χ3n) is 6.47. The molecule has 2 aliphatic rings. The molecule has 1 aromatic heterocycles. The normalized spacial score (nSPS) is 19.8. The van der Waals surface area contributed by atoms with Gasteiger partial charge in [-0.1, -0.05) is 36.8 Å². The molecule has 0 bridgehead atoms. The highest BCUT2D eigenvalue weighted by Crippen LogP contribution is 2.49.